The van der Waals surface area contributed by atoms with E-state index >= 15 is 0 Å². The van der Waals surface area contributed by atoms with E-state index in [1.54, 1.807) is 47.4 Å². The molecule has 0 radical (unpaired) electrons. The van der Waals surface area contributed by atoms with Crippen molar-refractivity contribution in [2.45, 2.75) is 11.8 Å². The van der Waals surface area contributed by atoms with E-state index < -0.39 is 10.0 Å². The monoisotopic (exact) mass is 469 g/mol. The molecule has 1 aliphatic heterocycles. The summed E-state index contributed by atoms with van der Waals surface area (Å²) in [5.74, 6) is -0.117. The molecule has 32 heavy (non-hydrogen) atoms. The van der Waals surface area contributed by atoms with E-state index in [9.17, 15) is 13.2 Å². The number of nitrogens with zero attached hydrogens (tertiary/aromatic N) is 2. The summed E-state index contributed by atoms with van der Waals surface area (Å²) >= 11 is 6.15. The highest BCUT2D eigenvalue weighted by Gasteiger charge is 2.24. The fraction of sp³-hybridized carbons (Fsp3) is 0.208. The summed E-state index contributed by atoms with van der Waals surface area (Å²) in [6.45, 7) is 4.60. The van der Waals surface area contributed by atoms with Crippen LogP contribution in [0.5, 0.6) is 0 Å². The van der Waals surface area contributed by atoms with Gasteiger partial charge < -0.3 is 9.80 Å². The maximum atomic E-state index is 13.1. The van der Waals surface area contributed by atoms with Crippen LogP contribution in [0.4, 0.5) is 11.4 Å². The Bertz CT molecular complexity index is 1220. The summed E-state index contributed by atoms with van der Waals surface area (Å²) in [5, 5.41) is 0.693. The second kappa shape index (κ2) is 9.22. The Kier molecular flexibility index (Phi) is 6.39. The molecule has 1 amide bonds. The SMILES string of the molecule is Cc1ccc(Cl)cc1N1CCN(C(=O)c2cccc(NS(=O)(=O)c3ccccc3)c2)CC1. The quantitative estimate of drug-likeness (QED) is 0.600. The predicted molar refractivity (Wildman–Crippen MR) is 128 cm³/mol. The first kappa shape index (κ1) is 22.2. The van der Waals surface area contributed by atoms with E-state index in [4.69, 9.17) is 11.6 Å². The van der Waals surface area contributed by atoms with Gasteiger partial charge in [-0.3, -0.25) is 9.52 Å². The Morgan fingerprint density at radius 1 is 0.906 bits per heavy atom. The highest BCUT2D eigenvalue weighted by atomic mass is 35.5. The van der Waals surface area contributed by atoms with Crippen LogP contribution in [-0.4, -0.2) is 45.4 Å². The third kappa shape index (κ3) is 4.89. The van der Waals surface area contributed by atoms with E-state index in [-0.39, 0.29) is 10.8 Å². The molecule has 1 aliphatic rings. The van der Waals surface area contributed by atoms with Crippen LogP contribution in [0.25, 0.3) is 0 Å². The molecule has 1 N–H and O–H groups in total. The number of hydrogen-bond acceptors (Lipinski definition) is 4. The van der Waals surface area contributed by atoms with Gasteiger partial charge >= 0.3 is 0 Å². The molecule has 0 bridgehead atoms. The van der Waals surface area contributed by atoms with Crippen molar-refractivity contribution in [2.75, 3.05) is 35.8 Å². The van der Waals surface area contributed by atoms with Crippen molar-refractivity contribution in [3.8, 4) is 0 Å². The minimum Gasteiger partial charge on any atom is -0.368 e. The van der Waals surface area contributed by atoms with Crippen molar-refractivity contribution in [1.82, 2.24) is 4.90 Å². The summed E-state index contributed by atoms with van der Waals surface area (Å²) in [6.07, 6.45) is 0. The van der Waals surface area contributed by atoms with Crippen LogP contribution in [0, 0.1) is 6.92 Å². The van der Waals surface area contributed by atoms with Crippen LogP contribution in [-0.2, 0) is 10.0 Å². The van der Waals surface area contributed by atoms with Crippen LogP contribution < -0.4 is 9.62 Å². The van der Waals surface area contributed by atoms with E-state index in [1.165, 1.54) is 12.1 Å². The van der Waals surface area contributed by atoms with E-state index in [2.05, 4.69) is 9.62 Å². The van der Waals surface area contributed by atoms with Gasteiger partial charge in [0, 0.05) is 48.1 Å². The molecule has 0 spiro atoms. The average Bonchev–Trinajstić information content (AvgIpc) is 2.81. The Balaban J connectivity index is 1.44. The van der Waals surface area contributed by atoms with Crippen LogP contribution in [0.1, 0.15) is 15.9 Å². The smallest absolute Gasteiger partial charge is 0.261 e. The lowest BCUT2D eigenvalue weighted by atomic mass is 10.1. The van der Waals surface area contributed by atoms with Crippen LogP contribution in [0.3, 0.4) is 0 Å². The Labute approximate surface area is 193 Å². The molecule has 6 nitrogen and oxygen atoms in total. The van der Waals surface area contributed by atoms with E-state index in [1.807, 2.05) is 25.1 Å². The van der Waals surface area contributed by atoms with Crippen molar-refractivity contribution in [1.29, 1.82) is 0 Å². The number of aryl methyl sites for hydroxylation is 1. The van der Waals surface area contributed by atoms with Gasteiger partial charge in [-0.2, -0.15) is 0 Å². The van der Waals surface area contributed by atoms with Gasteiger partial charge in [-0.1, -0.05) is 41.9 Å². The van der Waals surface area contributed by atoms with E-state index in [0.29, 0.717) is 42.5 Å². The molecule has 4 rings (SSSR count). The topological polar surface area (TPSA) is 69.7 Å². The Hall–Kier alpha value is -3.03. The third-order valence-electron chi connectivity index (χ3n) is 5.49. The third-order valence-corrected chi connectivity index (χ3v) is 7.13. The van der Waals surface area contributed by atoms with Crippen molar-refractivity contribution in [3.63, 3.8) is 0 Å². The second-order valence-corrected chi connectivity index (χ2v) is 9.83. The summed E-state index contributed by atoms with van der Waals surface area (Å²) in [5.41, 5.74) is 3.04. The zero-order valence-electron chi connectivity index (χ0n) is 17.7. The Morgan fingerprint density at radius 2 is 1.62 bits per heavy atom. The van der Waals surface area contributed by atoms with Crippen molar-refractivity contribution in [3.05, 3.63) is 88.9 Å². The molecular weight excluding hydrogens is 446 g/mol. The minimum atomic E-state index is -3.72. The summed E-state index contributed by atoms with van der Waals surface area (Å²) in [6, 6.07) is 20.6. The molecule has 0 unspecified atom stereocenters. The first-order valence-electron chi connectivity index (χ1n) is 10.3. The molecule has 0 saturated carbocycles. The van der Waals surface area contributed by atoms with E-state index in [0.717, 1.165) is 11.3 Å². The van der Waals surface area contributed by atoms with Crippen molar-refractivity contribution in [2.24, 2.45) is 0 Å². The first-order valence-corrected chi connectivity index (χ1v) is 12.2. The molecule has 3 aromatic rings. The number of anilines is 2. The number of carbonyl (C=O) groups excluding carboxylic acids is 1. The van der Waals surface area contributed by atoms with Crippen LogP contribution >= 0.6 is 11.6 Å². The maximum absolute atomic E-state index is 13.1. The zero-order valence-corrected chi connectivity index (χ0v) is 19.2. The number of sulfonamides is 1. The van der Waals surface area contributed by atoms with Gasteiger partial charge in [0.2, 0.25) is 0 Å². The number of halogens is 1. The molecule has 0 aromatic heterocycles. The van der Waals surface area contributed by atoms with Gasteiger partial charge in [0.25, 0.3) is 15.9 Å². The second-order valence-electron chi connectivity index (χ2n) is 7.71. The zero-order chi connectivity index (χ0) is 22.7. The number of nitrogens with one attached hydrogen (secondary N) is 1. The molecule has 1 fully saturated rings. The van der Waals surface area contributed by atoms with Crippen molar-refractivity contribution < 1.29 is 13.2 Å². The standard InChI is InChI=1S/C24H24ClN3O3S/c1-18-10-11-20(25)17-23(18)27-12-14-28(15-13-27)24(29)19-6-5-7-21(16-19)26-32(30,31)22-8-3-2-4-9-22/h2-11,16-17,26H,12-15H2,1H3. The molecule has 166 valence electrons. The highest BCUT2D eigenvalue weighted by molar-refractivity contribution is 7.92. The van der Waals surface area contributed by atoms with Gasteiger partial charge in [-0.15, -0.1) is 0 Å². The van der Waals surface area contributed by atoms with Gasteiger partial charge in [-0.05, 0) is 55.0 Å². The summed E-state index contributed by atoms with van der Waals surface area (Å²) in [7, 11) is -3.72. The van der Waals surface area contributed by atoms with Gasteiger partial charge in [0.05, 0.1) is 4.90 Å². The molecule has 1 saturated heterocycles. The number of carbonyl (C=O) groups is 1. The molecule has 1 heterocycles. The lowest BCUT2D eigenvalue weighted by Crippen LogP contribution is -2.49. The number of benzene rings is 3. The molecule has 0 aliphatic carbocycles. The summed E-state index contributed by atoms with van der Waals surface area (Å²) in [4.78, 5) is 17.3. The van der Waals surface area contributed by atoms with Crippen molar-refractivity contribution >= 4 is 38.9 Å². The maximum Gasteiger partial charge on any atom is 0.261 e. The van der Waals surface area contributed by atoms with Gasteiger partial charge in [0.1, 0.15) is 0 Å². The molecule has 3 aromatic carbocycles. The molecule has 0 atom stereocenters. The van der Waals surface area contributed by atoms with Crippen LogP contribution in [0.15, 0.2) is 77.7 Å². The van der Waals surface area contributed by atoms with Gasteiger partial charge in [-0.25, -0.2) is 8.42 Å². The van der Waals surface area contributed by atoms with Crippen LogP contribution in [0.2, 0.25) is 5.02 Å². The normalized spacial score (nSPS) is 14.3. The number of rotatable bonds is 5. The summed E-state index contributed by atoms with van der Waals surface area (Å²) < 4.78 is 27.7. The largest absolute Gasteiger partial charge is 0.368 e. The molecular formula is C24H24ClN3O3S. The minimum absolute atomic E-state index is 0.117. The average molecular weight is 470 g/mol. The number of piperazine rings is 1. The number of amides is 1. The molecule has 8 heteroatoms. The predicted octanol–water partition coefficient (Wildman–Crippen LogP) is 4.41. The lowest BCUT2D eigenvalue weighted by Gasteiger charge is -2.37. The fourth-order valence-electron chi connectivity index (χ4n) is 3.79. The van der Waals surface area contributed by atoms with Gasteiger partial charge in [0.15, 0.2) is 0 Å². The Morgan fingerprint density at radius 3 is 2.34 bits per heavy atom. The lowest BCUT2D eigenvalue weighted by molar-refractivity contribution is 0.0747. The fourth-order valence-corrected chi connectivity index (χ4v) is 5.02. The first-order chi connectivity index (χ1) is 15.3. The highest BCUT2D eigenvalue weighted by Crippen LogP contribution is 2.26. The number of hydrogen-bond donors (Lipinski definition) is 1.